The van der Waals surface area contributed by atoms with Crippen molar-refractivity contribution >= 4 is 35.4 Å². The standard InChI is InChI=1S/C24H37N7O7/c1-12(2)19(31-23(37)17(10-18(26)33)29-21(35)15(25)11-32)24(38)30-16(9-14-7-5-4-6-8-14)22(36)28-13(3)20(27)34/h4-8,12-13,15-17,19,32H,9-11,25H2,1-3H3,(H2,26,33)(H2,27,34)(H,28,36)(H,29,35)(H,30,38)(H,31,37)/t13-,15-,16-,17-,19-/m0/s1. The smallest absolute Gasteiger partial charge is 0.243 e. The van der Waals surface area contributed by atoms with E-state index in [9.17, 15) is 28.8 Å². The highest BCUT2D eigenvalue weighted by Gasteiger charge is 2.33. The molecule has 14 heteroatoms. The van der Waals surface area contributed by atoms with Crippen LogP contribution in [0.1, 0.15) is 32.8 Å². The van der Waals surface area contributed by atoms with E-state index in [1.165, 1.54) is 6.92 Å². The summed E-state index contributed by atoms with van der Waals surface area (Å²) in [5.74, 6) is -5.36. The van der Waals surface area contributed by atoms with Gasteiger partial charge in [-0.2, -0.15) is 0 Å². The van der Waals surface area contributed by atoms with Crippen molar-refractivity contribution in [2.24, 2.45) is 23.1 Å². The Bertz CT molecular complexity index is 1000. The molecule has 0 radical (unpaired) electrons. The lowest BCUT2D eigenvalue weighted by Gasteiger charge is -2.27. The fraction of sp³-hybridized carbons (Fsp3) is 0.500. The molecule has 38 heavy (non-hydrogen) atoms. The zero-order chi connectivity index (χ0) is 29.0. The van der Waals surface area contributed by atoms with Crippen molar-refractivity contribution < 1.29 is 33.9 Å². The Morgan fingerprint density at radius 3 is 1.84 bits per heavy atom. The molecule has 0 aliphatic carbocycles. The van der Waals surface area contributed by atoms with E-state index >= 15 is 0 Å². The minimum atomic E-state index is -1.47. The van der Waals surface area contributed by atoms with Gasteiger partial charge in [-0.1, -0.05) is 44.2 Å². The lowest BCUT2D eigenvalue weighted by atomic mass is 10.00. The molecule has 0 saturated carbocycles. The molecule has 14 nitrogen and oxygen atoms in total. The second kappa shape index (κ2) is 15.3. The summed E-state index contributed by atoms with van der Waals surface area (Å²) in [7, 11) is 0. The second-order valence-electron chi connectivity index (χ2n) is 9.13. The number of aliphatic hydroxyl groups excluding tert-OH is 1. The van der Waals surface area contributed by atoms with Crippen molar-refractivity contribution in [3.8, 4) is 0 Å². The molecule has 0 bridgehead atoms. The Morgan fingerprint density at radius 1 is 0.789 bits per heavy atom. The van der Waals surface area contributed by atoms with Crippen LogP contribution in [0.3, 0.4) is 0 Å². The third-order valence-corrected chi connectivity index (χ3v) is 5.52. The lowest BCUT2D eigenvalue weighted by molar-refractivity contribution is -0.136. The van der Waals surface area contributed by atoms with Crippen LogP contribution in [0.25, 0.3) is 0 Å². The van der Waals surface area contributed by atoms with Gasteiger partial charge in [0.05, 0.1) is 13.0 Å². The minimum absolute atomic E-state index is 0.0715. The quantitative estimate of drug-likeness (QED) is 0.112. The molecule has 5 atom stereocenters. The average molecular weight is 536 g/mol. The lowest BCUT2D eigenvalue weighted by Crippen LogP contribution is -2.60. The molecule has 0 spiro atoms. The molecule has 0 aliphatic heterocycles. The fourth-order valence-corrected chi connectivity index (χ4v) is 3.27. The molecule has 210 valence electrons. The molecule has 0 fully saturated rings. The van der Waals surface area contributed by atoms with Gasteiger partial charge in [0.15, 0.2) is 0 Å². The highest BCUT2D eigenvalue weighted by atomic mass is 16.3. The van der Waals surface area contributed by atoms with E-state index in [0.29, 0.717) is 5.56 Å². The average Bonchev–Trinajstić information content (AvgIpc) is 2.85. The summed E-state index contributed by atoms with van der Waals surface area (Å²) in [5, 5.41) is 18.8. The van der Waals surface area contributed by atoms with E-state index in [0.717, 1.165) is 0 Å². The van der Waals surface area contributed by atoms with Crippen molar-refractivity contribution in [2.45, 2.75) is 63.8 Å². The summed E-state index contributed by atoms with van der Waals surface area (Å²) < 4.78 is 0. The number of amides is 6. The molecular weight excluding hydrogens is 498 g/mol. The normalized spacial score (nSPS) is 14.8. The Hall–Kier alpha value is -4.04. The van der Waals surface area contributed by atoms with Crippen LogP contribution < -0.4 is 38.5 Å². The molecule has 1 rings (SSSR count). The summed E-state index contributed by atoms with van der Waals surface area (Å²) in [6.07, 6.45) is -0.520. The minimum Gasteiger partial charge on any atom is -0.394 e. The number of nitrogens with two attached hydrogens (primary N) is 3. The Balaban J connectivity index is 3.12. The summed E-state index contributed by atoms with van der Waals surface area (Å²) in [6, 6.07) is 2.66. The second-order valence-corrected chi connectivity index (χ2v) is 9.13. The Morgan fingerprint density at radius 2 is 1.34 bits per heavy atom. The Kier molecular flexibility index (Phi) is 12.9. The van der Waals surface area contributed by atoms with E-state index in [2.05, 4.69) is 21.3 Å². The van der Waals surface area contributed by atoms with Crippen molar-refractivity contribution in [3.05, 3.63) is 35.9 Å². The van der Waals surface area contributed by atoms with Crippen LogP contribution in [0.2, 0.25) is 0 Å². The van der Waals surface area contributed by atoms with Gasteiger partial charge in [0, 0.05) is 6.42 Å². The van der Waals surface area contributed by atoms with Crippen LogP contribution in [0.5, 0.6) is 0 Å². The maximum Gasteiger partial charge on any atom is 0.243 e. The molecule has 1 aromatic carbocycles. The summed E-state index contributed by atoms with van der Waals surface area (Å²) in [5.41, 5.74) is 16.6. The zero-order valence-corrected chi connectivity index (χ0v) is 21.6. The third kappa shape index (κ3) is 10.5. The summed E-state index contributed by atoms with van der Waals surface area (Å²) in [4.78, 5) is 74.0. The van der Waals surface area contributed by atoms with Gasteiger partial charge in [-0.05, 0) is 18.4 Å². The van der Waals surface area contributed by atoms with Gasteiger partial charge in [-0.15, -0.1) is 0 Å². The van der Waals surface area contributed by atoms with E-state index in [1.54, 1.807) is 44.2 Å². The predicted octanol–water partition coefficient (Wildman–Crippen LogP) is -3.48. The van der Waals surface area contributed by atoms with Gasteiger partial charge in [0.25, 0.3) is 0 Å². The van der Waals surface area contributed by atoms with E-state index in [-0.39, 0.29) is 6.42 Å². The number of hydrogen-bond donors (Lipinski definition) is 8. The van der Waals surface area contributed by atoms with Crippen LogP contribution in [0.4, 0.5) is 0 Å². The fourth-order valence-electron chi connectivity index (χ4n) is 3.27. The number of hydrogen-bond acceptors (Lipinski definition) is 8. The van der Waals surface area contributed by atoms with Gasteiger partial charge in [0.1, 0.15) is 30.2 Å². The van der Waals surface area contributed by atoms with Crippen molar-refractivity contribution in [3.63, 3.8) is 0 Å². The first kappa shape index (κ1) is 32.0. The maximum absolute atomic E-state index is 13.2. The number of primary amides is 2. The summed E-state index contributed by atoms with van der Waals surface area (Å²) in [6.45, 7) is 3.96. The molecule has 0 heterocycles. The number of carbonyl (C=O) groups excluding carboxylic acids is 6. The number of aliphatic hydroxyl groups is 1. The molecule has 11 N–H and O–H groups in total. The largest absolute Gasteiger partial charge is 0.394 e. The van der Waals surface area contributed by atoms with E-state index in [4.69, 9.17) is 22.3 Å². The van der Waals surface area contributed by atoms with Gasteiger partial charge in [-0.25, -0.2) is 0 Å². The number of rotatable bonds is 15. The summed E-state index contributed by atoms with van der Waals surface area (Å²) >= 11 is 0. The molecule has 1 aromatic rings. The van der Waals surface area contributed by atoms with Gasteiger partial charge in [-0.3, -0.25) is 28.8 Å². The van der Waals surface area contributed by atoms with Gasteiger partial charge in [0.2, 0.25) is 35.4 Å². The molecule has 0 aromatic heterocycles. The van der Waals surface area contributed by atoms with Crippen molar-refractivity contribution in [2.75, 3.05) is 6.61 Å². The SMILES string of the molecule is CC(C)[C@H](NC(=O)[C@H](CC(N)=O)NC(=O)[C@@H](N)CO)C(=O)N[C@@H](Cc1ccccc1)C(=O)N[C@@H](C)C(N)=O. The zero-order valence-electron chi connectivity index (χ0n) is 21.6. The first-order chi connectivity index (χ1) is 17.8. The highest BCUT2D eigenvalue weighted by molar-refractivity contribution is 5.97. The van der Waals surface area contributed by atoms with Crippen LogP contribution in [-0.2, 0) is 35.2 Å². The van der Waals surface area contributed by atoms with Gasteiger partial charge < -0.3 is 43.6 Å². The molecule has 6 amide bonds. The molecular formula is C24H37N7O7. The third-order valence-electron chi connectivity index (χ3n) is 5.52. The molecule has 0 unspecified atom stereocenters. The number of carbonyl (C=O) groups is 6. The van der Waals surface area contributed by atoms with Crippen LogP contribution in [-0.4, -0.2) is 77.4 Å². The van der Waals surface area contributed by atoms with Crippen LogP contribution >= 0.6 is 0 Å². The molecule has 0 saturated heterocycles. The topological polar surface area (TPSA) is 249 Å². The first-order valence-corrected chi connectivity index (χ1v) is 12.0. The van der Waals surface area contributed by atoms with Crippen LogP contribution in [0.15, 0.2) is 30.3 Å². The monoisotopic (exact) mass is 535 g/mol. The first-order valence-electron chi connectivity index (χ1n) is 12.0. The highest BCUT2D eigenvalue weighted by Crippen LogP contribution is 2.08. The van der Waals surface area contributed by atoms with Crippen LogP contribution in [0, 0.1) is 5.92 Å². The number of benzene rings is 1. The van der Waals surface area contributed by atoms with Crippen molar-refractivity contribution in [1.29, 1.82) is 0 Å². The maximum atomic E-state index is 13.2. The Labute approximate surface area is 220 Å². The van der Waals surface area contributed by atoms with E-state index < -0.39 is 84.6 Å². The van der Waals surface area contributed by atoms with E-state index in [1.807, 2.05) is 0 Å². The van der Waals surface area contributed by atoms with Crippen molar-refractivity contribution in [1.82, 2.24) is 21.3 Å². The molecule has 0 aliphatic rings. The van der Waals surface area contributed by atoms with Gasteiger partial charge >= 0.3 is 0 Å². The predicted molar refractivity (Wildman–Crippen MR) is 136 cm³/mol. The number of nitrogens with one attached hydrogen (secondary N) is 4.